The molecule has 0 spiro atoms. The molecule has 102 valence electrons. The number of nitrogen functional groups attached to an aromatic ring is 1. The summed E-state index contributed by atoms with van der Waals surface area (Å²) < 4.78 is 7.33. The van der Waals surface area contributed by atoms with Crippen LogP contribution in [0.4, 0.5) is 5.69 Å². The third kappa shape index (κ3) is 1.90. The Morgan fingerprint density at radius 3 is 2.65 bits per heavy atom. The lowest BCUT2D eigenvalue weighted by Crippen LogP contribution is -1.95. The van der Waals surface area contributed by atoms with Crippen molar-refractivity contribution in [2.45, 2.75) is 6.92 Å². The minimum Gasteiger partial charge on any atom is -0.497 e. The molecule has 20 heavy (non-hydrogen) atoms. The number of imidazole rings is 1. The lowest BCUT2D eigenvalue weighted by molar-refractivity contribution is 0.415. The molecular weight excluding hydrogens is 250 g/mol. The molecule has 0 saturated heterocycles. The van der Waals surface area contributed by atoms with Gasteiger partial charge >= 0.3 is 0 Å². The molecule has 0 unspecified atom stereocenters. The molecule has 4 nitrogen and oxygen atoms in total. The summed E-state index contributed by atoms with van der Waals surface area (Å²) in [4.78, 5) is 4.70. The first kappa shape index (κ1) is 12.5. The van der Waals surface area contributed by atoms with Crippen LogP contribution in [0, 0.1) is 6.92 Å². The zero-order chi connectivity index (χ0) is 14.3. The van der Waals surface area contributed by atoms with Gasteiger partial charge in [0.2, 0.25) is 0 Å². The van der Waals surface area contributed by atoms with Gasteiger partial charge in [0.05, 0.1) is 18.1 Å². The summed E-state index contributed by atoms with van der Waals surface area (Å²) in [6.45, 7) is 2.00. The molecule has 0 amide bonds. The van der Waals surface area contributed by atoms with Crippen LogP contribution in [0.25, 0.3) is 22.4 Å². The fourth-order valence-electron chi connectivity index (χ4n) is 2.38. The fourth-order valence-corrected chi connectivity index (χ4v) is 2.38. The van der Waals surface area contributed by atoms with E-state index in [9.17, 15) is 0 Å². The first-order valence-electron chi connectivity index (χ1n) is 6.47. The maximum Gasteiger partial charge on any atom is 0.140 e. The van der Waals surface area contributed by atoms with Crippen LogP contribution in [-0.2, 0) is 7.05 Å². The van der Waals surface area contributed by atoms with E-state index in [1.165, 1.54) is 0 Å². The Balaban J connectivity index is 2.20. The number of hydrogen-bond donors (Lipinski definition) is 1. The van der Waals surface area contributed by atoms with Crippen molar-refractivity contribution in [3.05, 3.63) is 42.0 Å². The van der Waals surface area contributed by atoms with Gasteiger partial charge in [-0.05, 0) is 42.8 Å². The molecule has 0 saturated carbocycles. The largest absolute Gasteiger partial charge is 0.497 e. The predicted octanol–water partition coefficient (Wildman–Crippen LogP) is 3.14. The molecule has 2 N–H and O–H groups in total. The first-order chi connectivity index (χ1) is 9.60. The van der Waals surface area contributed by atoms with Crippen molar-refractivity contribution in [2.24, 2.45) is 7.05 Å². The second-order valence-corrected chi connectivity index (χ2v) is 4.92. The SMILES string of the molecule is COc1ccc2c(c1)nc(-c1ccc(N)c(C)c1)n2C. The average molecular weight is 267 g/mol. The summed E-state index contributed by atoms with van der Waals surface area (Å²) in [5.74, 6) is 1.74. The number of aromatic nitrogens is 2. The van der Waals surface area contributed by atoms with E-state index in [-0.39, 0.29) is 0 Å². The molecule has 4 heteroatoms. The maximum absolute atomic E-state index is 5.87. The van der Waals surface area contributed by atoms with Crippen molar-refractivity contribution in [3.63, 3.8) is 0 Å². The number of fused-ring (bicyclic) bond motifs is 1. The van der Waals surface area contributed by atoms with Gasteiger partial charge in [0.1, 0.15) is 11.6 Å². The van der Waals surface area contributed by atoms with Crippen LogP contribution < -0.4 is 10.5 Å². The highest BCUT2D eigenvalue weighted by atomic mass is 16.5. The summed E-state index contributed by atoms with van der Waals surface area (Å²) in [7, 11) is 3.68. The van der Waals surface area contributed by atoms with Crippen molar-refractivity contribution in [1.29, 1.82) is 0 Å². The molecule has 0 aliphatic heterocycles. The van der Waals surface area contributed by atoms with E-state index in [1.807, 2.05) is 44.3 Å². The number of methoxy groups -OCH3 is 1. The maximum atomic E-state index is 5.87. The van der Waals surface area contributed by atoms with Crippen molar-refractivity contribution >= 4 is 16.7 Å². The number of nitrogens with two attached hydrogens (primary N) is 1. The molecular formula is C16H17N3O. The highest BCUT2D eigenvalue weighted by Gasteiger charge is 2.11. The topological polar surface area (TPSA) is 53.1 Å². The van der Waals surface area contributed by atoms with E-state index in [0.29, 0.717) is 0 Å². The molecule has 1 heterocycles. The molecule has 0 fully saturated rings. The molecule has 0 bridgehead atoms. The van der Waals surface area contributed by atoms with Crippen LogP contribution in [-0.4, -0.2) is 16.7 Å². The molecule has 0 radical (unpaired) electrons. The third-order valence-electron chi connectivity index (χ3n) is 3.62. The van der Waals surface area contributed by atoms with Gasteiger partial charge in [0.25, 0.3) is 0 Å². The molecule has 0 atom stereocenters. The zero-order valence-corrected chi connectivity index (χ0v) is 11.8. The number of hydrogen-bond acceptors (Lipinski definition) is 3. The van der Waals surface area contributed by atoms with Crippen LogP contribution in [0.5, 0.6) is 5.75 Å². The quantitative estimate of drug-likeness (QED) is 0.726. The Morgan fingerprint density at radius 1 is 1.15 bits per heavy atom. The van der Waals surface area contributed by atoms with Gasteiger partial charge in [-0.1, -0.05) is 0 Å². The number of ether oxygens (including phenoxy) is 1. The van der Waals surface area contributed by atoms with Crippen LogP contribution in [0.2, 0.25) is 0 Å². The highest BCUT2D eigenvalue weighted by molar-refractivity contribution is 5.82. The lowest BCUT2D eigenvalue weighted by atomic mass is 10.1. The smallest absolute Gasteiger partial charge is 0.140 e. The van der Waals surface area contributed by atoms with Crippen molar-refractivity contribution in [2.75, 3.05) is 12.8 Å². The Morgan fingerprint density at radius 2 is 1.95 bits per heavy atom. The Bertz CT molecular complexity index is 790. The summed E-state index contributed by atoms with van der Waals surface area (Å²) in [6, 6.07) is 11.9. The van der Waals surface area contributed by atoms with Gasteiger partial charge in [-0.25, -0.2) is 4.98 Å². The Hall–Kier alpha value is -2.49. The van der Waals surface area contributed by atoms with E-state index >= 15 is 0 Å². The Kier molecular flexibility index (Phi) is 2.86. The van der Waals surface area contributed by atoms with E-state index in [1.54, 1.807) is 7.11 Å². The van der Waals surface area contributed by atoms with Crippen LogP contribution >= 0.6 is 0 Å². The molecule has 1 aromatic heterocycles. The minimum atomic E-state index is 0.800. The number of aryl methyl sites for hydroxylation is 2. The van der Waals surface area contributed by atoms with Crippen molar-refractivity contribution in [1.82, 2.24) is 9.55 Å². The van der Waals surface area contributed by atoms with Gasteiger partial charge in [0, 0.05) is 24.4 Å². The first-order valence-corrected chi connectivity index (χ1v) is 6.47. The van der Waals surface area contributed by atoms with E-state index in [0.717, 1.165) is 39.4 Å². The number of anilines is 1. The van der Waals surface area contributed by atoms with E-state index in [4.69, 9.17) is 15.5 Å². The zero-order valence-electron chi connectivity index (χ0n) is 11.8. The van der Waals surface area contributed by atoms with Crippen molar-refractivity contribution < 1.29 is 4.74 Å². The molecule has 3 rings (SSSR count). The highest BCUT2D eigenvalue weighted by Crippen LogP contribution is 2.27. The molecule has 2 aromatic carbocycles. The van der Waals surface area contributed by atoms with E-state index < -0.39 is 0 Å². The molecule has 0 aliphatic rings. The van der Waals surface area contributed by atoms with Crippen LogP contribution in [0.15, 0.2) is 36.4 Å². The van der Waals surface area contributed by atoms with Crippen LogP contribution in [0.1, 0.15) is 5.56 Å². The van der Waals surface area contributed by atoms with E-state index in [2.05, 4.69) is 10.6 Å². The van der Waals surface area contributed by atoms with Gasteiger partial charge in [-0.2, -0.15) is 0 Å². The normalized spacial score (nSPS) is 10.9. The fraction of sp³-hybridized carbons (Fsp3) is 0.188. The Labute approximate surface area is 117 Å². The molecule has 0 aliphatic carbocycles. The summed E-state index contributed by atoms with van der Waals surface area (Å²) in [5, 5.41) is 0. The number of benzene rings is 2. The van der Waals surface area contributed by atoms with Crippen LogP contribution in [0.3, 0.4) is 0 Å². The molecule has 3 aromatic rings. The predicted molar refractivity (Wildman–Crippen MR) is 81.9 cm³/mol. The monoisotopic (exact) mass is 267 g/mol. The second-order valence-electron chi connectivity index (χ2n) is 4.92. The number of nitrogens with zero attached hydrogens (tertiary/aromatic N) is 2. The summed E-state index contributed by atoms with van der Waals surface area (Å²) >= 11 is 0. The lowest BCUT2D eigenvalue weighted by Gasteiger charge is -2.05. The summed E-state index contributed by atoms with van der Waals surface area (Å²) in [5.41, 5.74) is 10.8. The van der Waals surface area contributed by atoms with Gasteiger partial charge in [0.15, 0.2) is 0 Å². The third-order valence-corrected chi connectivity index (χ3v) is 3.62. The second kappa shape index (κ2) is 4.56. The van der Waals surface area contributed by atoms with Gasteiger partial charge in [-0.15, -0.1) is 0 Å². The minimum absolute atomic E-state index is 0.800. The standard InChI is InChI=1S/C16H17N3O/c1-10-8-11(4-6-13(10)17)16-18-14-9-12(20-3)5-7-15(14)19(16)2/h4-9H,17H2,1-3H3. The van der Waals surface area contributed by atoms with Gasteiger partial charge in [-0.3, -0.25) is 0 Å². The van der Waals surface area contributed by atoms with Crippen molar-refractivity contribution in [3.8, 4) is 17.1 Å². The summed E-state index contributed by atoms with van der Waals surface area (Å²) in [6.07, 6.45) is 0. The number of rotatable bonds is 2. The average Bonchev–Trinajstić information content (AvgIpc) is 2.78. The van der Waals surface area contributed by atoms with Gasteiger partial charge < -0.3 is 15.0 Å².